The number of aryl methyl sites for hydroxylation is 2. The predicted octanol–water partition coefficient (Wildman–Crippen LogP) is 5.75. The van der Waals surface area contributed by atoms with Gasteiger partial charge in [-0.05, 0) is 63.6 Å². The Labute approximate surface area is 236 Å². The third-order valence-corrected chi connectivity index (χ3v) is 8.02. The molecule has 0 aliphatic rings. The molecular weight excluding hydrogens is 532 g/mol. The van der Waals surface area contributed by atoms with Gasteiger partial charge in [-0.25, -0.2) is 15.0 Å². The Balaban J connectivity index is 1.34. The Hall–Kier alpha value is -3.38. The summed E-state index contributed by atoms with van der Waals surface area (Å²) < 4.78 is 5.95. The van der Waals surface area contributed by atoms with Crippen LogP contribution in [0.4, 0.5) is 16.8 Å². The zero-order chi connectivity index (χ0) is 27.6. The molecule has 0 aliphatic carbocycles. The van der Waals surface area contributed by atoms with Crippen LogP contribution in [0.5, 0.6) is 5.75 Å². The minimum Gasteiger partial charge on any atom is -0.493 e. The van der Waals surface area contributed by atoms with Gasteiger partial charge in [0, 0.05) is 35.9 Å². The average Bonchev–Trinajstić information content (AvgIpc) is 3.54. The van der Waals surface area contributed by atoms with Crippen LogP contribution in [0.15, 0.2) is 48.7 Å². The quantitative estimate of drug-likeness (QED) is 0.166. The van der Waals surface area contributed by atoms with Gasteiger partial charge in [0.2, 0.25) is 5.95 Å². The van der Waals surface area contributed by atoms with Crippen molar-refractivity contribution in [2.45, 2.75) is 33.6 Å². The minimum atomic E-state index is -0.185. The van der Waals surface area contributed by atoms with Crippen molar-refractivity contribution in [2.75, 3.05) is 43.5 Å². The van der Waals surface area contributed by atoms with Gasteiger partial charge >= 0.3 is 0 Å². The van der Waals surface area contributed by atoms with Crippen molar-refractivity contribution in [1.29, 1.82) is 0 Å². The van der Waals surface area contributed by atoms with Gasteiger partial charge in [0.15, 0.2) is 5.13 Å². The molecule has 0 unspecified atom stereocenters. The van der Waals surface area contributed by atoms with Crippen LogP contribution in [0.1, 0.15) is 40.0 Å². The van der Waals surface area contributed by atoms with Crippen LogP contribution in [0, 0.1) is 13.8 Å². The van der Waals surface area contributed by atoms with E-state index in [1.807, 2.05) is 50.2 Å². The van der Waals surface area contributed by atoms with Gasteiger partial charge in [-0.3, -0.25) is 10.1 Å². The van der Waals surface area contributed by atoms with Crippen molar-refractivity contribution >= 4 is 45.3 Å². The molecule has 0 spiro atoms. The van der Waals surface area contributed by atoms with Crippen LogP contribution in [0.2, 0.25) is 0 Å². The lowest BCUT2D eigenvalue weighted by molar-refractivity contribution is 0.103. The lowest BCUT2D eigenvalue weighted by Gasteiger charge is -2.20. The van der Waals surface area contributed by atoms with E-state index in [4.69, 9.17) is 4.74 Å². The second kappa shape index (κ2) is 14.1. The summed E-state index contributed by atoms with van der Waals surface area (Å²) in [6.45, 7) is 9.39. The van der Waals surface area contributed by atoms with E-state index in [1.165, 1.54) is 22.7 Å². The van der Waals surface area contributed by atoms with E-state index in [2.05, 4.69) is 37.4 Å². The number of aliphatic hydroxyl groups excluding tert-OH is 1. The number of amides is 1. The first-order chi connectivity index (χ1) is 18.9. The van der Waals surface area contributed by atoms with Gasteiger partial charge in [-0.15, -0.1) is 22.7 Å². The number of carbonyl (C=O) groups excluding carboxylic acids is 1. The molecule has 4 rings (SSSR count). The van der Waals surface area contributed by atoms with Crippen molar-refractivity contribution in [3.63, 3.8) is 0 Å². The molecule has 0 saturated heterocycles. The van der Waals surface area contributed by atoms with Gasteiger partial charge in [-0.2, -0.15) is 0 Å². The highest BCUT2D eigenvalue weighted by molar-refractivity contribution is 7.18. The molecule has 1 aromatic carbocycles. The fourth-order valence-corrected chi connectivity index (χ4v) is 5.58. The molecule has 0 radical (unpaired) electrons. The molecule has 39 heavy (non-hydrogen) atoms. The molecule has 4 aromatic rings. The second-order valence-corrected chi connectivity index (χ2v) is 11.3. The highest BCUT2D eigenvalue weighted by Gasteiger charge is 2.14. The van der Waals surface area contributed by atoms with E-state index in [0.29, 0.717) is 29.1 Å². The van der Waals surface area contributed by atoms with Gasteiger partial charge in [0.1, 0.15) is 5.75 Å². The molecule has 1 amide bonds. The number of ether oxygens (including phenoxy) is 1. The van der Waals surface area contributed by atoms with Crippen molar-refractivity contribution in [3.05, 3.63) is 64.1 Å². The first kappa shape index (κ1) is 28.6. The standard InChI is InChI=1S/C28H34N6O3S2/c1-4-13-34(15-16-35)14-6-17-37-22-8-5-7-21(18-22)31-27-29-12-11-23(32-27)24-9-10-25(39-24)26(36)33-28-30-19(2)20(3)38-28/h5,7-12,18,35H,4,6,13-17H2,1-3H3,(H,29,31,32)(H,30,33,36). The number of hydrogen-bond donors (Lipinski definition) is 3. The SMILES string of the molecule is CCCN(CCO)CCCOc1cccc(Nc2nccc(-c3ccc(C(=O)Nc4nc(C)c(C)s4)s3)n2)c1. The van der Waals surface area contributed by atoms with E-state index in [9.17, 15) is 9.90 Å². The zero-order valence-corrected chi connectivity index (χ0v) is 24.1. The first-order valence-electron chi connectivity index (χ1n) is 13.0. The lowest BCUT2D eigenvalue weighted by Crippen LogP contribution is -2.29. The number of aromatic nitrogens is 3. The molecule has 3 N–H and O–H groups in total. The highest BCUT2D eigenvalue weighted by atomic mass is 32.1. The Morgan fingerprint density at radius 3 is 2.72 bits per heavy atom. The molecule has 0 fully saturated rings. The summed E-state index contributed by atoms with van der Waals surface area (Å²) >= 11 is 2.84. The number of aliphatic hydroxyl groups is 1. The molecule has 206 valence electrons. The van der Waals surface area contributed by atoms with Crippen LogP contribution >= 0.6 is 22.7 Å². The van der Waals surface area contributed by atoms with Crippen LogP contribution in [-0.2, 0) is 0 Å². The molecule has 0 atom stereocenters. The molecule has 3 aromatic heterocycles. The summed E-state index contributed by atoms with van der Waals surface area (Å²) in [5, 5.41) is 15.9. The maximum atomic E-state index is 12.7. The largest absolute Gasteiger partial charge is 0.493 e. The van der Waals surface area contributed by atoms with Crippen molar-refractivity contribution < 1.29 is 14.6 Å². The number of rotatable bonds is 14. The maximum Gasteiger partial charge on any atom is 0.267 e. The molecule has 3 heterocycles. The maximum absolute atomic E-state index is 12.7. The van der Waals surface area contributed by atoms with E-state index >= 15 is 0 Å². The summed E-state index contributed by atoms with van der Waals surface area (Å²) in [6.07, 6.45) is 3.64. The number of benzene rings is 1. The number of nitrogens with zero attached hydrogens (tertiary/aromatic N) is 4. The number of hydrogen-bond acceptors (Lipinski definition) is 10. The molecule has 11 heteroatoms. The lowest BCUT2D eigenvalue weighted by atomic mass is 10.3. The summed E-state index contributed by atoms with van der Waals surface area (Å²) in [5.41, 5.74) is 2.47. The predicted molar refractivity (Wildman–Crippen MR) is 159 cm³/mol. The zero-order valence-electron chi connectivity index (χ0n) is 22.4. The van der Waals surface area contributed by atoms with E-state index in [1.54, 1.807) is 12.3 Å². The fraction of sp³-hybridized carbons (Fsp3) is 0.357. The van der Waals surface area contributed by atoms with Crippen molar-refractivity contribution in [1.82, 2.24) is 19.9 Å². The first-order valence-corrected chi connectivity index (χ1v) is 14.6. The summed E-state index contributed by atoms with van der Waals surface area (Å²) in [7, 11) is 0. The fourth-order valence-electron chi connectivity index (χ4n) is 3.90. The molecule has 0 bridgehead atoms. The number of nitrogens with one attached hydrogen (secondary N) is 2. The Bertz CT molecular complexity index is 1350. The normalized spacial score (nSPS) is 11.1. The molecular formula is C28H34N6O3S2. The van der Waals surface area contributed by atoms with Gasteiger partial charge in [-0.1, -0.05) is 13.0 Å². The van der Waals surface area contributed by atoms with Crippen LogP contribution in [-0.4, -0.2) is 63.7 Å². The van der Waals surface area contributed by atoms with Gasteiger partial charge in [0.25, 0.3) is 5.91 Å². The molecule has 9 nitrogen and oxygen atoms in total. The monoisotopic (exact) mass is 566 g/mol. The topological polar surface area (TPSA) is 112 Å². The smallest absolute Gasteiger partial charge is 0.267 e. The van der Waals surface area contributed by atoms with Crippen LogP contribution in [0.25, 0.3) is 10.6 Å². The van der Waals surface area contributed by atoms with E-state index < -0.39 is 0 Å². The number of thiophene rings is 1. The summed E-state index contributed by atoms with van der Waals surface area (Å²) in [6, 6.07) is 13.2. The summed E-state index contributed by atoms with van der Waals surface area (Å²) in [4.78, 5) is 30.9. The highest BCUT2D eigenvalue weighted by Crippen LogP contribution is 2.29. The molecule has 0 saturated carbocycles. The minimum absolute atomic E-state index is 0.174. The third kappa shape index (κ3) is 8.30. The Kier molecular flexibility index (Phi) is 10.4. The van der Waals surface area contributed by atoms with Crippen LogP contribution in [0.3, 0.4) is 0 Å². The number of thiazole rings is 1. The summed E-state index contributed by atoms with van der Waals surface area (Å²) in [5.74, 6) is 1.03. The Morgan fingerprint density at radius 1 is 1.08 bits per heavy atom. The van der Waals surface area contributed by atoms with Crippen molar-refractivity contribution in [2.24, 2.45) is 0 Å². The number of anilines is 3. The average molecular weight is 567 g/mol. The van der Waals surface area contributed by atoms with E-state index in [0.717, 1.165) is 58.5 Å². The molecule has 0 aliphatic heterocycles. The second-order valence-electron chi connectivity index (χ2n) is 8.96. The van der Waals surface area contributed by atoms with Crippen molar-refractivity contribution in [3.8, 4) is 16.3 Å². The van der Waals surface area contributed by atoms with Crippen LogP contribution < -0.4 is 15.4 Å². The van der Waals surface area contributed by atoms with Gasteiger partial charge in [0.05, 0.1) is 34.4 Å². The third-order valence-electron chi connectivity index (χ3n) is 5.92. The number of carbonyl (C=O) groups is 1. The Morgan fingerprint density at radius 2 is 1.95 bits per heavy atom. The van der Waals surface area contributed by atoms with Gasteiger partial charge < -0.3 is 20.1 Å². The van der Waals surface area contributed by atoms with E-state index in [-0.39, 0.29) is 12.5 Å².